The zero-order chi connectivity index (χ0) is 13.5. The number of aromatic nitrogens is 1. The molecular formula is C12H17N3O3. The number of rotatable bonds is 6. The Bertz CT molecular complexity index is 446. The minimum Gasteiger partial charge on any atom is -0.478 e. The van der Waals surface area contributed by atoms with Crippen molar-refractivity contribution in [2.24, 2.45) is 0 Å². The molecule has 0 aliphatic heterocycles. The maximum absolute atomic E-state index is 11.0. The Hall–Kier alpha value is -2.11. The van der Waals surface area contributed by atoms with Gasteiger partial charge in [-0.05, 0) is 18.6 Å². The number of hydrogen-bond acceptors (Lipinski definition) is 4. The van der Waals surface area contributed by atoms with Crippen LogP contribution in [0.5, 0.6) is 0 Å². The summed E-state index contributed by atoms with van der Waals surface area (Å²) in [6, 6.07) is 3.01. The largest absolute Gasteiger partial charge is 0.478 e. The fourth-order valence-electron chi connectivity index (χ4n) is 1.41. The predicted octanol–water partition coefficient (Wildman–Crippen LogP) is 0.890. The number of nitrogens with one attached hydrogen (secondary N) is 2. The molecule has 0 aromatic carbocycles. The van der Waals surface area contributed by atoms with Gasteiger partial charge in [-0.15, -0.1) is 0 Å². The minimum atomic E-state index is -0.985. The Balaban J connectivity index is 2.72. The van der Waals surface area contributed by atoms with Crippen molar-refractivity contribution in [3.8, 4) is 0 Å². The van der Waals surface area contributed by atoms with E-state index in [1.165, 1.54) is 6.07 Å². The first-order valence-electron chi connectivity index (χ1n) is 5.75. The Labute approximate surface area is 105 Å². The summed E-state index contributed by atoms with van der Waals surface area (Å²) in [5, 5.41) is 14.4. The first kappa shape index (κ1) is 14.0. The fraction of sp³-hybridized carbons (Fsp3) is 0.417. The molecule has 0 aliphatic carbocycles. The van der Waals surface area contributed by atoms with E-state index >= 15 is 0 Å². The van der Waals surface area contributed by atoms with Gasteiger partial charge in [-0.2, -0.15) is 0 Å². The number of anilines is 1. The van der Waals surface area contributed by atoms with Crippen LogP contribution >= 0.6 is 0 Å². The van der Waals surface area contributed by atoms with Crippen LogP contribution in [-0.4, -0.2) is 35.6 Å². The zero-order valence-corrected chi connectivity index (χ0v) is 10.5. The second kappa shape index (κ2) is 6.58. The molecule has 1 rings (SSSR count). The Morgan fingerprint density at radius 1 is 1.39 bits per heavy atom. The summed E-state index contributed by atoms with van der Waals surface area (Å²) in [6.07, 6.45) is 0.974. The van der Waals surface area contributed by atoms with Crippen LogP contribution < -0.4 is 10.6 Å². The van der Waals surface area contributed by atoms with Gasteiger partial charge in [0.1, 0.15) is 5.82 Å². The SMILES string of the molecule is CCc1cc(C(=O)O)cc(NCCC(=O)NC)n1. The molecule has 1 aromatic rings. The number of carbonyl (C=O) groups is 2. The summed E-state index contributed by atoms with van der Waals surface area (Å²) in [4.78, 5) is 26.2. The van der Waals surface area contributed by atoms with Gasteiger partial charge in [-0.1, -0.05) is 6.92 Å². The van der Waals surface area contributed by atoms with Crippen molar-refractivity contribution in [3.05, 3.63) is 23.4 Å². The van der Waals surface area contributed by atoms with Crippen molar-refractivity contribution >= 4 is 17.7 Å². The van der Waals surface area contributed by atoms with Crippen LogP contribution in [0.4, 0.5) is 5.82 Å². The summed E-state index contributed by atoms with van der Waals surface area (Å²) in [7, 11) is 1.57. The van der Waals surface area contributed by atoms with Gasteiger partial charge in [0, 0.05) is 25.7 Å². The van der Waals surface area contributed by atoms with Gasteiger partial charge in [0.2, 0.25) is 5.91 Å². The first-order valence-corrected chi connectivity index (χ1v) is 5.75. The number of amides is 1. The molecule has 0 atom stereocenters. The number of hydrogen-bond donors (Lipinski definition) is 3. The van der Waals surface area contributed by atoms with E-state index in [0.29, 0.717) is 30.9 Å². The molecule has 6 heteroatoms. The molecule has 0 aliphatic rings. The van der Waals surface area contributed by atoms with Gasteiger partial charge < -0.3 is 15.7 Å². The highest BCUT2D eigenvalue weighted by molar-refractivity contribution is 5.88. The van der Waals surface area contributed by atoms with Crippen LogP contribution in [0.2, 0.25) is 0 Å². The van der Waals surface area contributed by atoms with E-state index in [9.17, 15) is 9.59 Å². The Morgan fingerprint density at radius 2 is 2.11 bits per heavy atom. The highest BCUT2D eigenvalue weighted by Gasteiger charge is 2.07. The van der Waals surface area contributed by atoms with E-state index < -0.39 is 5.97 Å². The number of pyridine rings is 1. The molecule has 0 bridgehead atoms. The van der Waals surface area contributed by atoms with Crippen molar-refractivity contribution < 1.29 is 14.7 Å². The molecule has 98 valence electrons. The van der Waals surface area contributed by atoms with E-state index in [0.717, 1.165) is 0 Å². The number of aromatic carboxylic acids is 1. The maximum atomic E-state index is 11.0. The third kappa shape index (κ3) is 4.04. The molecule has 6 nitrogen and oxygen atoms in total. The molecule has 0 radical (unpaired) electrons. The van der Waals surface area contributed by atoms with Crippen LogP contribution in [-0.2, 0) is 11.2 Å². The second-order valence-electron chi connectivity index (χ2n) is 3.74. The van der Waals surface area contributed by atoms with Gasteiger partial charge in [-0.3, -0.25) is 4.79 Å². The normalized spacial score (nSPS) is 9.89. The summed E-state index contributed by atoms with van der Waals surface area (Å²) < 4.78 is 0. The van der Waals surface area contributed by atoms with E-state index in [2.05, 4.69) is 15.6 Å². The van der Waals surface area contributed by atoms with Crippen molar-refractivity contribution in [2.45, 2.75) is 19.8 Å². The van der Waals surface area contributed by atoms with Crippen LogP contribution in [0, 0.1) is 0 Å². The van der Waals surface area contributed by atoms with Crippen molar-refractivity contribution in [2.75, 3.05) is 18.9 Å². The van der Waals surface area contributed by atoms with Gasteiger partial charge >= 0.3 is 5.97 Å². The lowest BCUT2D eigenvalue weighted by Crippen LogP contribution is -2.21. The summed E-state index contributed by atoms with van der Waals surface area (Å²) in [5.74, 6) is -0.579. The molecule has 0 saturated heterocycles. The highest BCUT2D eigenvalue weighted by Crippen LogP contribution is 2.11. The van der Waals surface area contributed by atoms with Crippen molar-refractivity contribution in [1.82, 2.24) is 10.3 Å². The minimum absolute atomic E-state index is 0.0763. The molecule has 3 N–H and O–H groups in total. The summed E-state index contributed by atoms with van der Waals surface area (Å²) >= 11 is 0. The van der Waals surface area contributed by atoms with E-state index in [4.69, 9.17) is 5.11 Å². The van der Waals surface area contributed by atoms with Crippen LogP contribution in [0.15, 0.2) is 12.1 Å². The molecular weight excluding hydrogens is 234 g/mol. The molecule has 0 saturated carbocycles. The Kier molecular flexibility index (Phi) is 5.10. The molecule has 1 aromatic heterocycles. The number of carboxylic acid groups (broad SMARTS) is 1. The summed E-state index contributed by atoms with van der Waals surface area (Å²) in [5.41, 5.74) is 0.904. The second-order valence-corrected chi connectivity index (χ2v) is 3.74. The third-order valence-corrected chi connectivity index (χ3v) is 2.42. The van der Waals surface area contributed by atoms with Gasteiger partial charge in [0.15, 0.2) is 0 Å². The topological polar surface area (TPSA) is 91.3 Å². The van der Waals surface area contributed by atoms with Gasteiger partial charge in [-0.25, -0.2) is 9.78 Å². The lowest BCUT2D eigenvalue weighted by Gasteiger charge is -2.08. The number of aryl methyl sites for hydroxylation is 1. The number of carboxylic acids is 1. The lowest BCUT2D eigenvalue weighted by molar-refractivity contribution is -0.120. The number of carbonyl (C=O) groups excluding carboxylic acids is 1. The van der Waals surface area contributed by atoms with Gasteiger partial charge in [0.05, 0.1) is 5.56 Å². The molecule has 1 amide bonds. The monoisotopic (exact) mass is 251 g/mol. The van der Waals surface area contributed by atoms with E-state index in [1.807, 2.05) is 6.92 Å². The first-order chi connectivity index (χ1) is 8.56. The van der Waals surface area contributed by atoms with Crippen molar-refractivity contribution in [1.29, 1.82) is 0 Å². The highest BCUT2D eigenvalue weighted by atomic mass is 16.4. The van der Waals surface area contributed by atoms with Gasteiger partial charge in [0.25, 0.3) is 0 Å². The van der Waals surface area contributed by atoms with E-state index in [1.54, 1.807) is 13.1 Å². The fourth-order valence-corrected chi connectivity index (χ4v) is 1.41. The quantitative estimate of drug-likeness (QED) is 0.698. The maximum Gasteiger partial charge on any atom is 0.335 e. The van der Waals surface area contributed by atoms with Crippen molar-refractivity contribution in [3.63, 3.8) is 0 Å². The standard InChI is InChI=1S/C12H17N3O3/c1-3-9-6-8(12(17)18)7-10(15-9)14-5-4-11(16)13-2/h6-7H,3-5H2,1-2H3,(H,13,16)(H,14,15)(H,17,18). The average Bonchev–Trinajstić information content (AvgIpc) is 2.37. The molecule has 18 heavy (non-hydrogen) atoms. The molecule has 1 heterocycles. The average molecular weight is 251 g/mol. The lowest BCUT2D eigenvalue weighted by atomic mass is 10.2. The summed E-state index contributed by atoms with van der Waals surface area (Å²) in [6.45, 7) is 2.32. The Morgan fingerprint density at radius 3 is 2.67 bits per heavy atom. The predicted molar refractivity (Wildman–Crippen MR) is 67.7 cm³/mol. The molecule has 0 unspecified atom stereocenters. The zero-order valence-electron chi connectivity index (χ0n) is 10.5. The molecule has 0 spiro atoms. The van der Waals surface area contributed by atoms with E-state index in [-0.39, 0.29) is 11.5 Å². The van der Waals surface area contributed by atoms with Crippen LogP contribution in [0.1, 0.15) is 29.4 Å². The third-order valence-electron chi connectivity index (χ3n) is 2.42. The van der Waals surface area contributed by atoms with Crippen LogP contribution in [0.3, 0.4) is 0 Å². The smallest absolute Gasteiger partial charge is 0.335 e. The molecule has 0 fully saturated rings. The van der Waals surface area contributed by atoms with Crippen LogP contribution in [0.25, 0.3) is 0 Å². The number of nitrogens with zero attached hydrogens (tertiary/aromatic N) is 1.